The molecule has 2 aromatic carbocycles. The predicted octanol–water partition coefficient (Wildman–Crippen LogP) is 3.51. The first kappa shape index (κ1) is 22.8. The van der Waals surface area contributed by atoms with Gasteiger partial charge in [0.1, 0.15) is 11.9 Å². The van der Waals surface area contributed by atoms with Crippen LogP contribution in [0.5, 0.6) is 0 Å². The van der Waals surface area contributed by atoms with E-state index in [9.17, 15) is 18.8 Å². The lowest BCUT2D eigenvalue weighted by molar-refractivity contribution is -0.136. The van der Waals surface area contributed by atoms with Gasteiger partial charge < -0.3 is 4.90 Å². The van der Waals surface area contributed by atoms with E-state index in [4.69, 9.17) is 0 Å². The molecule has 36 heavy (non-hydrogen) atoms. The number of aromatic nitrogens is 1. The molecule has 0 spiro atoms. The summed E-state index contributed by atoms with van der Waals surface area (Å²) in [6.45, 7) is 2.85. The minimum absolute atomic E-state index is 0.148. The second-order valence-electron chi connectivity index (χ2n) is 9.96. The molecule has 1 unspecified atom stereocenters. The number of amides is 3. The number of hydrogen-bond donors (Lipinski definition) is 1. The number of para-hydroxylation sites is 1. The average molecular weight is 487 g/mol. The quantitative estimate of drug-likeness (QED) is 0.571. The van der Waals surface area contributed by atoms with E-state index in [2.05, 4.69) is 27.3 Å². The number of fused-ring (bicyclic) bond motifs is 2. The molecule has 1 atom stereocenters. The molecular formula is C28H27FN4O3. The molecule has 7 nitrogen and oxygen atoms in total. The Morgan fingerprint density at radius 2 is 1.83 bits per heavy atom. The van der Waals surface area contributed by atoms with E-state index in [0.29, 0.717) is 12.0 Å². The van der Waals surface area contributed by atoms with Gasteiger partial charge in [-0.3, -0.25) is 29.6 Å². The van der Waals surface area contributed by atoms with Crippen molar-refractivity contribution >= 4 is 28.6 Å². The van der Waals surface area contributed by atoms with E-state index in [1.54, 1.807) is 6.07 Å². The van der Waals surface area contributed by atoms with E-state index in [1.165, 1.54) is 16.5 Å². The largest absolute Gasteiger partial charge is 0.322 e. The van der Waals surface area contributed by atoms with E-state index in [-0.39, 0.29) is 30.7 Å². The number of rotatable bonds is 4. The van der Waals surface area contributed by atoms with Crippen LogP contribution < -0.4 is 5.32 Å². The van der Waals surface area contributed by atoms with Crippen molar-refractivity contribution in [1.29, 1.82) is 0 Å². The fraction of sp³-hybridized carbons (Fsp3) is 0.357. The fourth-order valence-corrected chi connectivity index (χ4v) is 5.95. The van der Waals surface area contributed by atoms with E-state index in [0.717, 1.165) is 54.5 Å². The summed E-state index contributed by atoms with van der Waals surface area (Å²) in [5, 5.41) is 3.49. The predicted molar refractivity (Wildman–Crippen MR) is 131 cm³/mol. The Hall–Kier alpha value is -3.65. The molecule has 0 saturated carbocycles. The van der Waals surface area contributed by atoms with Gasteiger partial charge in [0, 0.05) is 36.7 Å². The van der Waals surface area contributed by atoms with Crippen LogP contribution in [0.15, 0.2) is 48.7 Å². The smallest absolute Gasteiger partial charge is 0.255 e. The minimum atomic E-state index is -0.699. The number of nitrogens with zero attached hydrogens (tertiary/aromatic N) is 3. The number of imide groups is 1. The topological polar surface area (TPSA) is 82.6 Å². The van der Waals surface area contributed by atoms with Crippen LogP contribution in [-0.2, 0) is 22.7 Å². The maximum Gasteiger partial charge on any atom is 0.255 e. The highest BCUT2D eigenvalue weighted by Gasteiger charge is 2.41. The molecule has 3 amide bonds. The Kier molecular flexibility index (Phi) is 5.76. The molecule has 1 aromatic heterocycles. The highest BCUT2D eigenvalue weighted by atomic mass is 19.1. The minimum Gasteiger partial charge on any atom is -0.322 e. The highest BCUT2D eigenvalue weighted by molar-refractivity contribution is 6.05. The summed E-state index contributed by atoms with van der Waals surface area (Å²) in [4.78, 5) is 45.5. The van der Waals surface area contributed by atoms with Gasteiger partial charge in [0.2, 0.25) is 11.8 Å². The number of hydrogen-bond acceptors (Lipinski definition) is 5. The number of likely N-dealkylation sites (tertiary alicyclic amines) is 1. The third-order valence-electron chi connectivity index (χ3n) is 7.82. The number of carbonyl (C=O) groups is 3. The van der Waals surface area contributed by atoms with Gasteiger partial charge in [0.25, 0.3) is 5.91 Å². The first-order valence-corrected chi connectivity index (χ1v) is 12.5. The van der Waals surface area contributed by atoms with Crippen molar-refractivity contribution in [1.82, 2.24) is 20.1 Å². The number of benzene rings is 2. The van der Waals surface area contributed by atoms with Gasteiger partial charge in [0.05, 0.1) is 5.52 Å². The van der Waals surface area contributed by atoms with Crippen LogP contribution in [-0.4, -0.2) is 51.6 Å². The summed E-state index contributed by atoms with van der Waals surface area (Å²) in [6.07, 6.45) is 4.08. The molecule has 2 fully saturated rings. The number of nitrogens with one attached hydrogen (secondary N) is 1. The summed E-state index contributed by atoms with van der Waals surface area (Å²) < 4.78 is 14.6. The third-order valence-corrected chi connectivity index (χ3v) is 7.82. The van der Waals surface area contributed by atoms with Gasteiger partial charge in [-0.15, -0.1) is 0 Å². The second kappa shape index (κ2) is 9.09. The van der Waals surface area contributed by atoms with Crippen molar-refractivity contribution in [2.24, 2.45) is 0 Å². The summed E-state index contributed by atoms with van der Waals surface area (Å²) in [5.74, 6) is -1.38. The van der Waals surface area contributed by atoms with Gasteiger partial charge in [0.15, 0.2) is 0 Å². The third kappa shape index (κ3) is 4.05. The number of pyridine rings is 1. The highest BCUT2D eigenvalue weighted by Crippen LogP contribution is 2.38. The van der Waals surface area contributed by atoms with Gasteiger partial charge >= 0.3 is 0 Å². The van der Waals surface area contributed by atoms with Crippen LogP contribution in [0.2, 0.25) is 0 Å². The Morgan fingerprint density at radius 3 is 2.64 bits per heavy atom. The lowest BCUT2D eigenvalue weighted by atomic mass is 9.85. The Bertz CT molecular complexity index is 1380. The van der Waals surface area contributed by atoms with Crippen LogP contribution in [0.1, 0.15) is 58.6 Å². The molecule has 184 valence electrons. The van der Waals surface area contributed by atoms with Gasteiger partial charge in [-0.1, -0.05) is 18.2 Å². The standard InChI is InChI=1S/C28H27FN4O3/c29-19-13-21(23-16-33(28(36)22(23)14-19)25-5-6-26(34)31-27(25)35)17-8-11-32(12-9-17)15-18-7-10-30-24-4-2-1-3-20(18)24/h1-4,7,10,13-14,17,25H,5-6,8-9,11-12,15-16H2,(H,31,34,35). The molecule has 0 radical (unpaired) electrons. The summed E-state index contributed by atoms with van der Waals surface area (Å²) in [6, 6.07) is 12.4. The van der Waals surface area contributed by atoms with E-state index < -0.39 is 17.8 Å². The lowest BCUT2D eigenvalue weighted by Crippen LogP contribution is -2.52. The molecule has 4 heterocycles. The fourth-order valence-electron chi connectivity index (χ4n) is 5.95. The van der Waals surface area contributed by atoms with Gasteiger partial charge in [-0.05, 0) is 79.2 Å². The summed E-state index contributed by atoms with van der Waals surface area (Å²) in [7, 11) is 0. The molecular weight excluding hydrogens is 459 g/mol. The van der Waals surface area contributed by atoms with E-state index >= 15 is 0 Å². The number of carbonyl (C=O) groups excluding carboxylic acids is 3. The summed E-state index contributed by atoms with van der Waals surface area (Å²) >= 11 is 0. The Labute approximate surface area is 208 Å². The van der Waals surface area contributed by atoms with Crippen LogP contribution in [0.3, 0.4) is 0 Å². The first-order valence-electron chi connectivity index (χ1n) is 12.5. The normalized spacial score (nSPS) is 21.2. The maximum atomic E-state index is 14.6. The van der Waals surface area contributed by atoms with Gasteiger partial charge in [-0.25, -0.2) is 4.39 Å². The molecule has 0 bridgehead atoms. The molecule has 3 aromatic rings. The molecule has 3 aliphatic heterocycles. The van der Waals surface area contributed by atoms with Crippen LogP contribution >= 0.6 is 0 Å². The van der Waals surface area contributed by atoms with Crippen molar-refractivity contribution in [3.05, 3.63) is 76.7 Å². The average Bonchev–Trinajstić information content (AvgIpc) is 3.20. The molecule has 8 heteroatoms. The lowest BCUT2D eigenvalue weighted by Gasteiger charge is -2.33. The second-order valence-corrected chi connectivity index (χ2v) is 9.96. The van der Waals surface area contributed by atoms with Crippen molar-refractivity contribution in [2.45, 2.75) is 50.7 Å². The van der Waals surface area contributed by atoms with Crippen LogP contribution in [0, 0.1) is 5.82 Å². The molecule has 1 N–H and O–H groups in total. The van der Waals surface area contributed by atoms with Crippen molar-refractivity contribution in [2.75, 3.05) is 13.1 Å². The molecule has 3 aliphatic rings. The maximum absolute atomic E-state index is 14.6. The SMILES string of the molecule is O=C1CCC(N2Cc3c(cc(F)cc3C3CCN(Cc4ccnc5ccccc45)CC3)C2=O)C(=O)N1. The number of halogens is 1. The molecule has 2 saturated heterocycles. The monoisotopic (exact) mass is 486 g/mol. The summed E-state index contributed by atoms with van der Waals surface area (Å²) in [5.41, 5.74) is 4.29. The zero-order chi connectivity index (χ0) is 24.8. The molecule has 6 rings (SSSR count). The zero-order valence-electron chi connectivity index (χ0n) is 19.9. The van der Waals surface area contributed by atoms with Crippen molar-refractivity contribution in [3.8, 4) is 0 Å². The van der Waals surface area contributed by atoms with Crippen LogP contribution in [0.4, 0.5) is 4.39 Å². The van der Waals surface area contributed by atoms with Crippen molar-refractivity contribution in [3.63, 3.8) is 0 Å². The van der Waals surface area contributed by atoms with E-state index in [1.807, 2.05) is 24.4 Å². The van der Waals surface area contributed by atoms with Gasteiger partial charge in [-0.2, -0.15) is 0 Å². The number of piperidine rings is 2. The van der Waals surface area contributed by atoms with Crippen molar-refractivity contribution < 1.29 is 18.8 Å². The zero-order valence-corrected chi connectivity index (χ0v) is 19.9. The Morgan fingerprint density at radius 1 is 1.03 bits per heavy atom. The Balaban J connectivity index is 1.19. The van der Waals surface area contributed by atoms with Crippen LogP contribution in [0.25, 0.3) is 10.9 Å². The first-order chi connectivity index (χ1) is 17.5. The molecule has 0 aliphatic carbocycles.